The normalized spacial score (nSPS) is 14.6. The minimum Gasteiger partial charge on any atom is -0.456 e. The third-order valence-corrected chi connectivity index (χ3v) is 11.7. The maximum Gasteiger partial charge on any atom is 0.164 e. The summed E-state index contributed by atoms with van der Waals surface area (Å²) in [4.78, 5) is 15.5. The molecule has 0 atom stereocenters. The smallest absolute Gasteiger partial charge is 0.164 e. The van der Waals surface area contributed by atoms with Crippen LogP contribution < -0.4 is 0 Å². The Kier molecular flexibility index (Phi) is 6.75. The van der Waals surface area contributed by atoms with Gasteiger partial charge in [0.2, 0.25) is 0 Å². The standard InChI is InChI=1S/C49H35N3O/c1-3-14-32(15-4-1)46-50-47(34-23-25-43-40(29-34)45-36-17-6-5-13-31(36)22-26-44(45)53-43)52-48(51-46)39-19-8-7-16-35(39)33-21-24-38-37-18-9-10-20-41(37)49(42(38)30-33)27-11-2-12-28-49/h1,3-10,13-26,29-30H,2,11-12,27-28H2. The molecule has 9 aromatic rings. The molecule has 2 aliphatic rings. The molecule has 0 aliphatic heterocycles. The summed E-state index contributed by atoms with van der Waals surface area (Å²) in [5.41, 5.74) is 12.7. The maximum absolute atomic E-state index is 6.34. The highest BCUT2D eigenvalue weighted by atomic mass is 16.3. The van der Waals surface area contributed by atoms with Crippen LogP contribution in [-0.4, -0.2) is 15.0 Å². The van der Waals surface area contributed by atoms with E-state index in [-0.39, 0.29) is 5.41 Å². The molecule has 2 aromatic heterocycles. The summed E-state index contributed by atoms with van der Waals surface area (Å²) in [5, 5.41) is 4.51. The van der Waals surface area contributed by atoms with E-state index in [0.29, 0.717) is 17.5 Å². The van der Waals surface area contributed by atoms with Crippen molar-refractivity contribution in [2.24, 2.45) is 0 Å². The highest BCUT2D eigenvalue weighted by Gasteiger charge is 2.43. The minimum atomic E-state index is 0.0805. The van der Waals surface area contributed by atoms with Crippen molar-refractivity contribution < 1.29 is 4.42 Å². The summed E-state index contributed by atoms with van der Waals surface area (Å²) in [5.74, 6) is 1.93. The molecule has 2 heterocycles. The first-order chi connectivity index (χ1) is 26.2. The van der Waals surface area contributed by atoms with E-state index in [0.717, 1.165) is 44.2 Å². The molecule has 0 radical (unpaired) electrons. The van der Waals surface area contributed by atoms with Crippen molar-refractivity contribution in [2.75, 3.05) is 0 Å². The van der Waals surface area contributed by atoms with Gasteiger partial charge in [0, 0.05) is 32.9 Å². The summed E-state index contributed by atoms with van der Waals surface area (Å²) in [6, 6.07) is 54.0. The van der Waals surface area contributed by atoms with Crippen LogP contribution in [0.25, 0.3) is 89.1 Å². The van der Waals surface area contributed by atoms with Crippen LogP contribution in [0.5, 0.6) is 0 Å². The number of rotatable bonds is 4. The van der Waals surface area contributed by atoms with Gasteiger partial charge in [0.15, 0.2) is 17.5 Å². The molecule has 1 saturated carbocycles. The van der Waals surface area contributed by atoms with Crippen LogP contribution >= 0.6 is 0 Å². The Labute approximate surface area is 307 Å². The molecular formula is C49H35N3O. The van der Waals surface area contributed by atoms with Gasteiger partial charge in [-0.3, -0.25) is 0 Å². The highest BCUT2D eigenvalue weighted by Crippen LogP contribution is 2.56. The molecule has 0 unspecified atom stereocenters. The zero-order valence-electron chi connectivity index (χ0n) is 29.2. The summed E-state index contributed by atoms with van der Waals surface area (Å²) in [7, 11) is 0. The van der Waals surface area contributed by atoms with Gasteiger partial charge in [-0.05, 0) is 87.3 Å². The van der Waals surface area contributed by atoms with Crippen molar-refractivity contribution in [1.82, 2.24) is 15.0 Å². The van der Waals surface area contributed by atoms with E-state index in [4.69, 9.17) is 19.4 Å². The number of benzene rings is 7. The lowest BCUT2D eigenvalue weighted by molar-refractivity contribution is 0.353. The fourth-order valence-corrected chi connectivity index (χ4v) is 9.27. The number of nitrogens with zero attached hydrogens (tertiary/aromatic N) is 3. The van der Waals surface area contributed by atoms with E-state index in [2.05, 4.69) is 127 Å². The molecular weight excluding hydrogens is 647 g/mol. The predicted molar refractivity (Wildman–Crippen MR) is 216 cm³/mol. The molecule has 0 bridgehead atoms. The Balaban J connectivity index is 1.09. The quantitative estimate of drug-likeness (QED) is 0.185. The van der Waals surface area contributed by atoms with Crippen LogP contribution in [0.1, 0.15) is 43.2 Å². The maximum atomic E-state index is 6.34. The Morgan fingerprint density at radius 1 is 0.415 bits per heavy atom. The van der Waals surface area contributed by atoms with Crippen LogP contribution in [0.15, 0.2) is 156 Å². The van der Waals surface area contributed by atoms with E-state index in [1.54, 1.807) is 0 Å². The number of hydrogen-bond donors (Lipinski definition) is 0. The fraction of sp³-hybridized carbons (Fsp3) is 0.122. The Morgan fingerprint density at radius 2 is 1.08 bits per heavy atom. The van der Waals surface area contributed by atoms with Gasteiger partial charge in [0.1, 0.15) is 11.2 Å². The second kappa shape index (κ2) is 11.8. The first kappa shape index (κ1) is 30.3. The zero-order chi connectivity index (χ0) is 34.9. The van der Waals surface area contributed by atoms with Crippen LogP contribution in [-0.2, 0) is 5.41 Å². The lowest BCUT2D eigenvalue weighted by atomic mass is 9.67. The van der Waals surface area contributed by atoms with Crippen molar-refractivity contribution in [3.8, 4) is 56.4 Å². The first-order valence-electron chi connectivity index (χ1n) is 18.7. The SMILES string of the molecule is c1ccc(-c2nc(-c3ccc4oc5ccc6ccccc6c5c4c3)nc(-c3ccccc3-c3ccc4c(c3)C3(CCCCC3)c3ccccc3-4)n2)cc1. The first-order valence-corrected chi connectivity index (χ1v) is 18.7. The van der Waals surface area contributed by atoms with Crippen LogP contribution in [0.2, 0.25) is 0 Å². The average Bonchev–Trinajstić information content (AvgIpc) is 3.74. The zero-order valence-corrected chi connectivity index (χ0v) is 29.2. The van der Waals surface area contributed by atoms with Crippen molar-refractivity contribution in [3.63, 3.8) is 0 Å². The minimum absolute atomic E-state index is 0.0805. The molecule has 252 valence electrons. The largest absolute Gasteiger partial charge is 0.456 e. The van der Waals surface area contributed by atoms with Crippen LogP contribution in [0.4, 0.5) is 0 Å². The molecule has 4 heteroatoms. The Bertz CT molecular complexity index is 2880. The van der Waals surface area contributed by atoms with Gasteiger partial charge in [0.05, 0.1) is 0 Å². The molecule has 1 spiro atoms. The molecule has 7 aromatic carbocycles. The number of aromatic nitrogens is 3. The summed E-state index contributed by atoms with van der Waals surface area (Å²) < 4.78 is 6.34. The van der Waals surface area contributed by atoms with E-state index >= 15 is 0 Å². The van der Waals surface area contributed by atoms with Gasteiger partial charge >= 0.3 is 0 Å². The topological polar surface area (TPSA) is 51.8 Å². The van der Waals surface area contributed by atoms with Gasteiger partial charge in [-0.15, -0.1) is 0 Å². The molecule has 53 heavy (non-hydrogen) atoms. The van der Waals surface area contributed by atoms with Crippen LogP contribution in [0.3, 0.4) is 0 Å². The molecule has 0 N–H and O–H groups in total. The van der Waals surface area contributed by atoms with E-state index in [1.807, 2.05) is 24.3 Å². The monoisotopic (exact) mass is 681 g/mol. The average molecular weight is 682 g/mol. The van der Waals surface area contributed by atoms with Gasteiger partial charge in [-0.2, -0.15) is 0 Å². The van der Waals surface area contributed by atoms with Crippen molar-refractivity contribution in [1.29, 1.82) is 0 Å². The molecule has 11 rings (SSSR count). The molecule has 4 nitrogen and oxygen atoms in total. The second-order valence-corrected chi connectivity index (χ2v) is 14.6. The van der Waals surface area contributed by atoms with Gasteiger partial charge in [0.25, 0.3) is 0 Å². The molecule has 2 aliphatic carbocycles. The summed E-state index contributed by atoms with van der Waals surface area (Å²) >= 11 is 0. The van der Waals surface area contributed by atoms with E-state index in [9.17, 15) is 0 Å². The van der Waals surface area contributed by atoms with Crippen LogP contribution in [0, 0.1) is 0 Å². The van der Waals surface area contributed by atoms with Crippen molar-refractivity contribution in [3.05, 3.63) is 163 Å². The third kappa shape index (κ3) is 4.72. The summed E-state index contributed by atoms with van der Waals surface area (Å²) in [6.45, 7) is 0. The number of fused-ring (bicyclic) bond motifs is 10. The van der Waals surface area contributed by atoms with Gasteiger partial charge in [-0.1, -0.05) is 141 Å². The summed E-state index contributed by atoms with van der Waals surface area (Å²) in [6.07, 6.45) is 6.24. The molecule has 0 amide bonds. The third-order valence-electron chi connectivity index (χ3n) is 11.7. The lowest BCUT2D eigenvalue weighted by Gasteiger charge is -2.36. The van der Waals surface area contributed by atoms with Crippen molar-refractivity contribution >= 4 is 32.7 Å². The van der Waals surface area contributed by atoms with Gasteiger partial charge in [-0.25, -0.2) is 15.0 Å². The second-order valence-electron chi connectivity index (χ2n) is 14.6. The Hall–Kier alpha value is -6.39. The predicted octanol–water partition coefficient (Wildman–Crippen LogP) is 12.8. The van der Waals surface area contributed by atoms with Crippen molar-refractivity contribution in [2.45, 2.75) is 37.5 Å². The molecule has 1 fully saturated rings. The van der Waals surface area contributed by atoms with E-state index in [1.165, 1.54) is 70.7 Å². The lowest BCUT2D eigenvalue weighted by Crippen LogP contribution is -2.28. The fourth-order valence-electron chi connectivity index (χ4n) is 9.27. The Morgan fingerprint density at radius 3 is 1.94 bits per heavy atom. The highest BCUT2D eigenvalue weighted by molar-refractivity contribution is 6.19. The number of furan rings is 1. The van der Waals surface area contributed by atoms with Gasteiger partial charge < -0.3 is 4.42 Å². The molecule has 0 saturated heterocycles. The number of hydrogen-bond acceptors (Lipinski definition) is 4. The van der Waals surface area contributed by atoms with E-state index < -0.39 is 0 Å².